The first-order valence-electron chi connectivity index (χ1n) is 7.78. The van der Waals surface area contributed by atoms with E-state index in [1.807, 2.05) is 0 Å². The summed E-state index contributed by atoms with van der Waals surface area (Å²) < 4.78 is 71.1. The maximum Gasteiger partial charge on any atom is 0.343 e. The van der Waals surface area contributed by atoms with E-state index in [1.165, 1.54) is 30.3 Å². The molecular weight excluding hydrogens is 379 g/mol. The Kier molecular flexibility index (Phi) is 5.41. The molecule has 2 nitrogen and oxygen atoms in total. The Balaban J connectivity index is 1.76. The lowest BCUT2D eigenvalue weighted by Gasteiger charge is -2.05. The Hall–Kier alpha value is -3.66. The van der Waals surface area contributed by atoms with Gasteiger partial charge in [-0.1, -0.05) is 17.9 Å². The highest BCUT2D eigenvalue weighted by molar-refractivity contribution is 5.91. The van der Waals surface area contributed by atoms with Gasteiger partial charge in [-0.25, -0.2) is 26.7 Å². The van der Waals surface area contributed by atoms with Crippen LogP contribution in [0.3, 0.4) is 0 Å². The maximum atomic E-state index is 13.5. The molecule has 140 valence electrons. The van der Waals surface area contributed by atoms with E-state index < -0.39 is 40.8 Å². The molecule has 0 amide bonds. The normalized spacial score (nSPS) is 10.2. The highest BCUT2D eigenvalue weighted by Crippen LogP contribution is 2.20. The van der Waals surface area contributed by atoms with E-state index in [9.17, 15) is 26.7 Å². The standard InChI is InChI=1S/C21H9F5O2/c22-16-2-1-3-17(23)15(16)9-6-12-4-7-13(8-5-12)21(27)28-14-10-18(24)20(26)19(25)11-14/h1-5,7-8,10-11H. The Morgan fingerprint density at radius 1 is 0.750 bits per heavy atom. The van der Waals surface area contributed by atoms with Crippen molar-refractivity contribution in [2.24, 2.45) is 0 Å². The van der Waals surface area contributed by atoms with Crippen molar-refractivity contribution in [1.82, 2.24) is 0 Å². The first kappa shape index (κ1) is 19.1. The molecule has 0 aliphatic heterocycles. The van der Waals surface area contributed by atoms with Crippen LogP contribution in [-0.2, 0) is 0 Å². The number of hydrogen-bond acceptors (Lipinski definition) is 2. The van der Waals surface area contributed by atoms with Crippen molar-refractivity contribution in [3.63, 3.8) is 0 Å². The van der Waals surface area contributed by atoms with Crippen LogP contribution >= 0.6 is 0 Å². The van der Waals surface area contributed by atoms with Gasteiger partial charge in [0.05, 0.1) is 11.1 Å². The zero-order valence-corrected chi connectivity index (χ0v) is 13.9. The summed E-state index contributed by atoms with van der Waals surface area (Å²) in [6.07, 6.45) is 0. The number of halogens is 5. The summed E-state index contributed by atoms with van der Waals surface area (Å²) in [5.41, 5.74) is -0.00260. The predicted octanol–water partition coefficient (Wildman–Crippen LogP) is 5.00. The third kappa shape index (κ3) is 4.18. The fourth-order valence-corrected chi connectivity index (χ4v) is 2.20. The van der Waals surface area contributed by atoms with Crippen molar-refractivity contribution in [2.75, 3.05) is 0 Å². The van der Waals surface area contributed by atoms with Crippen LogP contribution in [0.5, 0.6) is 5.75 Å². The molecule has 0 unspecified atom stereocenters. The van der Waals surface area contributed by atoms with Crippen LogP contribution in [0, 0.1) is 40.9 Å². The lowest BCUT2D eigenvalue weighted by atomic mass is 10.1. The molecule has 0 N–H and O–H groups in total. The van der Waals surface area contributed by atoms with Gasteiger partial charge in [-0.15, -0.1) is 0 Å². The smallest absolute Gasteiger partial charge is 0.343 e. The Morgan fingerprint density at radius 3 is 1.89 bits per heavy atom. The van der Waals surface area contributed by atoms with Crippen molar-refractivity contribution in [3.8, 4) is 17.6 Å². The number of benzene rings is 3. The van der Waals surface area contributed by atoms with E-state index in [1.54, 1.807) is 0 Å². The van der Waals surface area contributed by atoms with Gasteiger partial charge < -0.3 is 4.74 Å². The summed E-state index contributed by atoms with van der Waals surface area (Å²) in [4.78, 5) is 12.0. The van der Waals surface area contributed by atoms with Crippen LogP contribution in [0.25, 0.3) is 0 Å². The minimum atomic E-state index is -1.67. The summed E-state index contributed by atoms with van der Waals surface area (Å²) in [5, 5.41) is 0. The average molecular weight is 388 g/mol. The Labute approximate surface area is 156 Å². The Bertz CT molecular complexity index is 1070. The number of carbonyl (C=O) groups is 1. The first-order chi connectivity index (χ1) is 13.3. The molecule has 0 saturated carbocycles. The third-order valence-corrected chi connectivity index (χ3v) is 3.58. The summed E-state index contributed by atoms with van der Waals surface area (Å²) in [5.74, 6) is -2.77. The fourth-order valence-electron chi connectivity index (χ4n) is 2.20. The molecule has 0 aliphatic carbocycles. The molecule has 0 bridgehead atoms. The van der Waals surface area contributed by atoms with Crippen molar-refractivity contribution in [3.05, 3.63) is 100 Å². The van der Waals surface area contributed by atoms with E-state index >= 15 is 0 Å². The van der Waals surface area contributed by atoms with Crippen molar-refractivity contribution >= 4 is 5.97 Å². The van der Waals surface area contributed by atoms with E-state index in [2.05, 4.69) is 11.8 Å². The number of ether oxygens (including phenoxy) is 1. The quantitative estimate of drug-likeness (QED) is 0.203. The second-order valence-electron chi connectivity index (χ2n) is 5.51. The topological polar surface area (TPSA) is 26.3 Å². The molecule has 0 heterocycles. The molecule has 0 fully saturated rings. The SMILES string of the molecule is O=C(Oc1cc(F)c(F)c(F)c1)c1ccc(C#Cc2c(F)cccc2F)cc1. The average Bonchev–Trinajstić information content (AvgIpc) is 2.66. The van der Waals surface area contributed by atoms with Crippen LogP contribution in [0.2, 0.25) is 0 Å². The summed E-state index contributed by atoms with van der Waals surface area (Å²) in [7, 11) is 0. The lowest BCUT2D eigenvalue weighted by molar-refractivity contribution is 0.0733. The van der Waals surface area contributed by atoms with Gasteiger partial charge in [-0.2, -0.15) is 0 Å². The second kappa shape index (κ2) is 7.92. The molecule has 0 spiro atoms. The molecule has 0 saturated heterocycles. The maximum absolute atomic E-state index is 13.5. The van der Waals surface area contributed by atoms with E-state index in [-0.39, 0.29) is 11.1 Å². The van der Waals surface area contributed by atoms with Gasteiger partial charge in [0.25, 0.3) is 0 Å². The molecule has 28 heavy (non-hydrogen) atoms. The molecule has 0 atom stereocenters. The van der Waals surface area contributed by atoms with Gasteiger partial charge in [0, 0.05) is 17.7 Å². The fraction of sp³-hybridized carbons (Fsp3) is 0. The zero-order valence-electron chi connectivity index (χ0n) is 13.9. The minimum absolute atomic E-state index is 0.0211. The molecule has 3 rings (SSSR count). The molecule has 7 heteroatoms. The van der Waals surface area contributed by atoms with Crippen molar-refractivity contribution < 1.29 is 31.5 Å². The van der Waals surface area contributed by atoms with Crippen LogP contribution in [-0.4, -0.2) is 5.97 Å². The summed E-state index contributed by atoms with van der Waals surface area (Å²) >= 11 is 0. The molecule has 0 radical (unpaired) electrons. The second-order valence-corrected chi connectivity index (χ2v) is 5.51. The molecular formula is C21H9F5O2. The minimum Gasteiger partial charge on any atom is -0.423 e. The van der Waals surface area contributed by atoms with E-state index in [0.29, 0.717) is 17.7 Å². The molecule has 3 aromatic carbocycles. The van der Waals surface area contributed by atoms with E-state index in [4.69, 9.17) is 4.74 Å². The van der Waals surface area contributed by atoms with Gasteiger partial charge >= 0.3 is 5.97 Å². The van der Waals surface area contributed by atoms with Gasteiger partial charge in [0.15, 0.2) is 17.5 Å². The van der Waals surface area contributed by atoms with Gasteiger partial charge in [-0.3, -0.25) is 0 Å². The zero-order chi connectivity index (χ0) is 20.3. The van der Waals surface area contributed by atoms with Crippen molar-refractivity contribution in [1.29, 1.82) is 0 Å². The van der Waals surface area contributed by atoms with Crippen LogP contribution in [0.1, 0.15) is 21.5 Å². The molecule has 0 aliphatic rings. The van der Waals surface area contributed by atoms with Crippen LogP contribution in [0.15, 0.2) is 54.6 Å². The monoisotopic (exact) mass is 388 g/mol. The number of esters is 1. The van der Waals surface area contributed by atoms with Crippen molar-refractivity contribution in [2.45, 2.75) is 0 Å². The van der Waals surface area contributed by atoms with E-state index in [0.717, 1.165) is 12.1 Å². The summed E-state index contributed by atoms with van der Waals surface area (Å²) in [6.45, 7) is 0. The lowest BCUT2D eigenvalue weighted by Crippen LogP contribution is -2.09. The third-order valence-electron chi connectivity index (χ3n) is 3.58. The van der Waals surface area contributed by atoms with Crippen LogP contribution in [0.4, 0.5) is 22.0 Å². The number of carbonyl (C=O) groups excluding carboxylic acids is 1. The molecule has 0 aromatic heterocycles. The summed E-state index contributed by atoms with van der Waals surface area (Å²) in [6, 6.07) is 9.86. The number of hydrogen-bond donors (Lipinski definition) is 0. The van der Waals surface area contributed by atoms with Gasteiger partial charge in [0.1, 0.15) is 17.4 Å². The van der Waals surface area contributed by atoms with Gasteiger partial charge in [-0.05, 0) is 36.4 Å². The predicted molar refractivity (Wildman–Crippen MR) is 90.1 cm³/mol. The highest BCUT2D eigenvalue weighted by Gasteiger charge is 2.15. The number of rotatable bonds is 2. The largest absolute Gasteiger partial charge is 0.423 e. The first-order valence-corrected chi connectivity index (χ1v) is 7.78. The molecule has 3 aromatic rings. The highest BCUT2D eigenvalue weighted by atomic mass is 19.2. The van der Waals surface area contributed by atoms with Gasteiger partial charge in [0.2, 0.25) is 0 Å². The van der Waals surface area contributed by atoms with Crippen LogP contribution < -0.4 is 4.74 Å². The Morgan fingerprint density at radius 2 is 1.32 bits per heavy atom.